The summed E-state index contributed by atoms with van der Waals surface area (Å²) in [7, 11) is 0. The average Bonchev–Trinajstić information content (AvgIpc) is 3.33. The molecule has 0 fully saturated rings. The van der Waals surface area contributed by atoms with Crippen LogP contribution in [0.15, 0.2) is 48.5 Å². The molecule has 0 aromatic heterocycles. The third-order valence-corrected chi connectivity index (χ3v) is 16.6. The lowest BCUT2D eigenvalue weighted by atomic mass is 9.88. The van der Waals surface area contributed by atoms with Gasteiger partial charge in [-0.15, -0.1) is 0 Å². The number of benzene rings is 4. The fraction of sp³-hybridized carbons (Fsp3) is 0.600. The first kappa shape index (κ1) is 56.4. The number of fused-ring (bicyclic) bond motifs is 8. The lowest BCUT2D eigenvalue weighted by Gasteiger charge is -2.25. The summed E-state index contributed by atoms with van der Waals surface area (Å²) in [5.41, 5.74) is 15.6. The van der Waals surface area contributed by atoms with E-state index in [0.717, 1.165) is 97.4 Å². The van der Waals surface area contributed by atoms with Gasteiger partial charge in [-0.3, -0.25) is 0 Å². The summed E-state index contributed by atoms with van der Waals surface area (Å²) in [6.07, 6.45) is 16.6. The molecule has 8 heteroatoms. The topological polar surface area (TPSA) is 36.9 Å². The number of hydrogen-bond donors (Lipinski definition) is 0. The summed E-state index contributed by atoms with van der Waals surface area (Å²) in [5, 5.41) is 0. The monoisotopic (exact) mass is 1000 g/mol. The van der Waals surface area contributed by atoms with Crippen LogP contribution in [-0.2, 0) is 48.7 Å². The molecule has 1 aliphatic carbocycles. The van der Waals surface area contributed by atoms with Gasteiger partial charge in [-0.25, -0.2) is 0 Å². The van der Waals surface area contributed by atoms with Crippen molar-refractivity contribution in [3.8, 4) is 23.0 Å². The summed E-state index contributed by atoms with van der Waals surface area (Å²) < 4.78 is 28.1. The zero-order valence-corrected chi connectivity index (χ0v) is 46.9. The van der Waals surface area contributed by atoms with Crippen LogP contribution in [0.1, 0.15) is 199 Å². The summed E-state index contributed by atoms with van der Waals surface area (Å²) in [4.78, 5) is 0. The largest absolute Gasteiger partial charge is 0.493 e. The van der Waals surface area contributed by atoms with Gasteiger partial charge in [0.1, 0.15) is 23.0 Å². The van der Waals surface area contributed by atoms with Crippen molar-refractivity contribution in [2.45, 2.75) is 181 Å². The molecule has 0 heterocycles. The van der Waals surface area contributed by atoms with E-state index in [1.165, 1.54) is 141 Å². The van der Waals surface area contributed by atoms with E-state index in [1.807, 2.05) is 0 Å². The molecule has 4 aromatic rings. The molecular formula is C60H88O4S4. The van der Waals surface area contributed by atoms with Crippen molar-refractivity contribution in [1.29, 1.82) is 0 Å². The predicted molar refractivity (Wildman–Crippen MR) is 304 cm³/mol. The second kappa shape index (κ2) is 32.5. The second-order valence-corrected chi connectivity index (χ2v) is 23.1. The van der Waals surface area contributed by atoms with Crippen molar-refractivity contribution < 1.29 is 18.9 Å². The molecule has 0 aliphatic heterocycles. The van der Waals surface area contributed by atoms with Crippen LogP contribution in [0.25, 0.3) is 0 Å². The first-order chi connectivity index (χ1) is 33.4. The zero-order chi connectivity index (χ0) is 48.4. The molecule has 0 saturated heterocycles. The second-order valence-electron chi connectivity index (χ2n) is 18.7. The number of unbranched alkanes of at least 4 members (excludes halogenated alkanes) is 4. The van der Waals surface area contributed by atoms with Gasteiger partial charge >= 0.3 is 0 Å². The van der Waals surface area contributed by atoms with Gasteiger partial charge in [0.15, 0.2) is 0 Å². The zero-order valence-electron chi connectivity index (χ0n) is 43.7. The standard InChI is InChI=1S/C60H88O4S4/c1-9-17-25-65-41-45-29-49-37-51-31-46(42-66-26-18-10-2)33-53(58(51)62-22-14-6)39-55-35-48(44-68-28-20-12-4)36-56(60(55)64-24-16-8)40-54-34-47(43-67-27-19-11-3)32-52(59(54)63-23-15-7)38-50(30-45)57(49)61-21-13-5/h29-36H,9-28,37-44H2,1-8H3. The van der Waals surface area contributed by atoms with Crippen LogP contribution in [0.3, 0.4) is 0 Å². The quantitative estimate of drug-likeness (QED) is 0.0395. The molecule has 4 nitrogen and oxygen atoms in total. The highest BCUT2D eigenvalue weighted by Crippen LogP contribution is 2.42. The Morgan fingerprint density at radius 1 is 0.294 bits per heavy atom. The van der Waals surface area contributed by atoms with E-state index in [9.17, 15) is 0 Å². The van der Waals surface area contributed by atoms with Gasteiger partial charge in [0.2, 0.25) is 0 Å². The van der Waals surface area contributed by atoms with Gasteiger partial charge in [0.05, 0.1) is 26.4 Å². The lowest BCUT2D eigenvalue weighted by Crippen LogP contribution is -2.11. The maximum absolute atomic E-state index is 7.02. The van der Waals surface area contributed by atoms with Gasteiger partial charge in [0, 0.05) is 48.7 Å². The Balaban J connectivity index is 1.88. The average molecular weight is 1000 g/mol. The molecule has 0 N–H and O–H groups in total. The van der Waals surface area contributed by atoms with Crippen LogP contribution in [0.5, 0.6) is 23.0 Å². The van der Waals surface area contributed by atoms with Crippen LogP contribution >= 0.6 is 47.0 Å². The Morgan fingerprint density at radius 2 is 0.485 bits per heavy atom. The van der Waals surface area contributed by atoms with Crippen LogP contribution in [-0.4, -0.2) is 49.4 Å². The lowest BCUT2D eigenvalue weighted by molar-refractivity contribution is 0.304. The Morgan fingerprint density at radius 3 is 0.647 bits per heavy atom. The third kappa shape index (κ3) is 18.0. The highest BCUT2D eigenvalue weighted by atomic mass is 32.2. The van der Waals surface area contributed by atoms with Crippen molar-refractivity contribution in [1.82, 2.24) is 0 Å². The smallest absolute Gasteiger partial charge is 0.126 e. The Hall–Kier alpha value is -2.52. The maximum atomic E-state index is 7.02. The van der Waals surface area contributed by atoms with Crippen LogP contribution < -0.4 is 18.9 Å². The molecule has 0 spiro atoms. The number of thioether (sulfide) groups is 4. The van der Waals surface area contributed by atoms with E-state index < -0.39 is 0 Å². The number of rotatable bonds is 32. The summed E-state index contributed by atoms with van der Waals surface area (Å²) in [6, 6.07) is 19.8. The number of ether oxygens (including phenoxy) is 4. The van der Waals surface area contributed by atoms with Crippen LogP contribution in [0.2, 0.25) is 0 Å². The molecule has 5 rings (SSSR count). The Bertz CT molecular complexity index is 1690. The van der Waals surface area contributed by atoms with Gasteiger partial charge in [-0.1, -0.05) is 130 Å². The predicted octanol–water partition coefficient (Wildman–Crippen LogP) is 17.7. The SMILES string of the molecule is CCCCSCc1cc2c(OCCC)c(c1)Cc1cc(CSCCCC)cc(c1OCCC)Cc1cc(CSCCCC)cc(c1OCCC)Cc1cc(CSCCCC)cc(c1OCCC)C2. The van der Waals surface area contributed by atoms with Crippen molar-refractivity contribution in [2.75, 3.05) is 49.4 Å². The van der Waals surface area contributed by atoms with Gasteiger partial charge in [-0.05, 0) is 141 Å². The van der Waals surface area contributed by atoms with E-state index in [1.54, 1.807) is 0 Å². The van der Waals surface area contributed by atoms with Gasteiger partial charge in [0.25, 0.3) is 0 Å². The molecule has 0 unspecified atom stereocenters. The van der Waals surface area contributed by atoms with Crippen molar-refractivity contribution in [3.05, 3.63) is 115 Å². The molecule has 0 radical (unpaired) electrons. The van der Waals surface area contributed by atoms with Crippen molar-refractivity contribution in [2.24, 2.45) is 0 Å². The number of hydrogen-bond acceptors (Lipinski definition) is 8. The summed E-state index contributed by atoms with van der Waals surface area (Å²) in [5.74, 6) is 12.8. The normalized spacial score (nSPS) is 12.4. The molecule has 0 saturated carbocycles. The minimum atomic E-state index is 0.677. The first-order valence-corrected chi connectivity index (χ1v) is 31.4. The summed E-state index contributed by atoms with van der Waals surface area (Å²) in [6.45, 7) is 20.8. The Labute approximate surface area is 432 Å². The highest BCUT2D eigenvalue weighted by Gasteiger charge is 2.25. The fourth-order valence-corrected chi connectivity index (χ4v) is 13.0. The Kier molecular flexibility index (Phi) is 26.9. The minimum Gasteiger partial charge on any atom is -0.493 e. The van der Waals surface area contributed by atoms with Crippen molar-refractivity contribution in [3.63, 3.8) is 0 Å². The molecule has 0 amide bonds. The molecule has 4 aromatic carbocycles. The third-order valence-electron chi connectivity index (χ3n) is 12.2. The maximum Gasteiger partial charge on any atom is 0.126 e. The van der Waals surface area contributed by atoms with Crippen LogP contribution in [0.4, 0.5) is 0 Å². The fourth-order valence-electron chi connectivity index (χ4n) is 8.81. The van der Waals surface area contributed by atoms with Gasteiger partial charge < -0.3 is 18.9 Å². The summed E-state index contributed by atoms with van der Waals surface area (Å²) >= 11 is 8.25. The van der Waals surface area contributed by atoms with Crippen LogP contribution in [0, 0.1) is 0 Å². The molecule has 8 bridgehead atoms. The van der Waals surface area contributed by atoms with E-state index >= 15 is 0 Å². The molecule has 68 heavy (non-hydrogen) atoms. The molecular weight excluding hydrogens is 913 g/mol. The van der Waals surface area contributed by atoms with E-state index in [4.69, 9.17) is 18.9 Å². The molecule has 376 valence electrons. The highest BCUT2D eigenvalue weighted by molar-refractivity contribution is 7.99. The molecule has 1 aliphatic rings. The molecule has 0 atom stereocenters. The first-order valence-electron chi connectivity index (χ1n) is 26.8. The van der Waals surface area contributed by atoms with Crippen molar-refractivity contribution >= 4 is 47.0 Å². The van der Waals surface area contributed by atoms with E-state index in [-0.39, 0.29) is 0 Å². The van der Waals surface area contributed by atoms with Gasteiger partial charge in [-0.2, -0.15) is 47.0 Å². The van der Waals surface area contributed by atoms with E-state index in [2.05, 4.69) is 151 Å². The van der Waals surface area contributed by atoms with E-state index in [0.29, 0.717) is 26.4 Å². The minimum absolute atomic E-state index is 0.677.